The van der Waals surface area contributed by atoms with Crippen molar-refractivity contribution in [2.24, 2.45) is 0 Å². The van der Waals surface area contributed by atoms with Gasteiger partial charge in [0, 0.05) is 11.0 Å². The van der Waals surface area contributed by atoms with Crippen molar-refractivity contribution in [1.29, 1.82) is 5.26 Å². The first-order chi connectivity index (χ1) is 16.2. The molecule has 0 spiro atoms. The molecule has 0 heterocycles. The van der Waals surface area contributed by atoms with E-state index in [1.54, 1.807) is 18.2 Å². The van der Waals surface area contributed by atoms with Gasteiger partial charge in [-0.15, -0.1) is 0 Å². The zero-order valence-corrected chi connectivity index (χ0v) is 21.6. The summed E-state index contributed by atoms with van der Waals surface area (Å²) in [6.45, 7) is 8.18. The average Bonchev–Trinajstić information content (AvgIpc) is 2.81. The van der Waals surface area contributed by atoms with Crippen molar-refractivity contribution >= 4 is 33.9 Å². The van der Waals surface area contributed by atoms with Crippen molar-refractivity contribution in [2.45, 2.75) is 40.0 Å². The Kier molecular flexibility index (Phi) is 10.1. The van der Waals surface area contributed by atoms with Crippen LogP contribution in [0.5, 0.6) is 17.2 Å². The van der Waals surface area contributed by atoms with Gasteiger partial charge in [-0.1, -0.05) is 42.8 Å². The van der Waals surface area contributed by atoms with E-state index in [1.165, 1.54) is 13.2 Å². The van der Waals surface area contributed by atoms with Crippen LogP contribution in [-0.4, -0.2) is 32.1 Å². The number of nitrogens with zero attached hydrogens (tertiary/aromatic N) is 1. The van der Waals surface area contributed by atoms with E-state index in [4.69, 9.17) is 14.2 Å². The van der Waals surface area contributed by atoms with E-state index < -0.39 is 11.9 Å². The van der Waals surface area contributed by atoms with Gasteiger partial charge in [0.25, 0.3) is 5.91 Å². The molecule has 0 aliphatic heterocycles. The molecule has 0 saturated heterocycles. The Morgan fingerprint density at radius 1 is 1.18 bits per heavy atom. The minimum atomic E-state index is -0.589. The summed E-state index contributed by atoms with van der Waals surface area (Å²) in [5.74, 6) is 0.305. The van der Waals surface area contributed by atoms with Crippen LogP contribution >= 0.6 is 15.9 Å². The molecule has 0 fully saturated rings. The monoisotopic (exact) mass is 528 g/mol. The molecular formula is C26H29BrN2O5. The predicted octanol–water partition coefficient (Wildman–Crippen LogP) is 5.31. The van der Waals surface area contributed by atoms with E-state index in [0.717, 1.165) is 22.0 Å². The first kappa shape index (κ1) is 26.9. The van der Waals surface area contributed by atoms with Crippen molar-refractivity contribution in [3.63, 3.8) is 0 Å². The Morgan fingerprint density at radius 2 is 1.91 bits per heavy atom. The molecule has 8 heteroatoms. The molecule has 2 rings (SSSR count). The van der Waals surface area contributed by atoms with Gasteiger partial charge in [0.15, 0.2) is 18.1 Å². The van der Waals surface area contributed by atoms with Crippen molar-refractivity contribution in [3.8, 4) is 23.3 Å². The fraction of sp³-hybridized carbons (Fsp3) is 0.346. The number of hydrogen-bond donors (Lipinski definition) is 1. The number of aryl methyl sites for hydroxylation is 1. The molecule has 1 N–H and O–H groups in total. The van der Waals surface area contributed by atoms with Crippen molar-refractivity contribution in [1.82, 2.24) is 5.32 Å². The number of halogens is 1. The number of carbonyl (C=O) groups excluding carboxylic acids is 2. The Labute approximate surface area is 208 Å². The quantitative estimate of drug-likeness (QED) is 0.194. The Balaban J connectivity index is 2.14. The number of methoxy groups -OCH3 is 1. The fourth-order valence-corrected chi connectivity index (χ4v) is 3.40. The lowest BCUT2D eigenvalue weighted by atomic mass is 10.0. The Hall–Kier alpha value is -3.31. The molecule has 0 aromatic heterocycles. The number of hydrogen-bond acceptors (Lipinski definition) is 6. The number of esters is 1. The molecule has 0 atom stereocenters. The molecule has 7 nitrogen and oxygen atoms in total. The maximum atomic E-state index is 12.5. The molecule has 0 saturated carbocycles. The van der Waals surface area contributed by atoms with Crippen LogP contribution in [0.25, 0.3) is 6.08 Å². The van der Waals surface area contributed by atoms with Crippen LogP contribution in [0.15, 0.2) is 40.4 Å². The standard InChI is InChI=1S/C26H29BrN2O5/c1-6-9-29-26(31)19(14-28)11-18-7-8-22(24(12-18)32-5)34-25(30)15-33-23-10-17(4)21(27)13-20(23)16(2)3/h7-8,10-13,16H,6,9,15H2,1-5H3,(H,29,31)/b19-11+. The van der Waals surface area contributed by atoms with Gasteiger partial charge < -0.3 is 19.5 Å². The number of rotatable bonds is 10. The number of nitriles is 1. The smallest absolute Gasteiger partial charge is 0.349 e. The molecule has 2 aromatic rings. The summed E-state index contributed by atoms with van der Waals surface area (Å²) in [6, 6.07) is 10.5. The Morgan fingerprint density at radius 3 is 2.53 bits per heavy atom. The summed E-state index contributed by atoms with van der Waals surface area (Å²) in [4.78, 5) is 24.5. The topological polar surface area (TPSA) is 97.7 Å². The number of carbonyl (C=O) groups is 2. The summed E-state index contributed by atoms with van der Waals surface area (Å²) in [6.07, 6.45) is 2.22. The molecule has 34 heavy (non-hydrogen) atoms. The fourth-order valence-electron chi connectivity index (χ4n) is 3.04. The molecule has 0 aliphatic rings. The van der Waals surface area contributed by atoms with Crippen molar-refractivity contribution in [2.75, 3.05) is 20.3 Å². The molecule has 0 unspecified atom stereocenters. The highest BCUT2D eigenvalue weighted by atomic mass is 79.9. The van der Waals surface area contributed by atoms with Crippen LogP contribution in [0.2, 0.25) is 0 Å². The maximum absolute atomic E-state index is 12.5. The van der Waals surface area contributed by atoms with E-state index in [2.05, 4.69) is 21.2 Å². The highest BCUT2D eigenvalue weighted by Crippen LogP contribution is 2.33. The lowest BCUT2D eigenvalue weighted by Gasteiger charge is -2.16. The summed E-state index contributed by atoms with van der Waals surface area (Å²) in [5, 5.41) is 12.0. The van der Waals surface area contributed by atoms with Gasteiger partial charge in [0.1, 0.15) is 17.4 Å². The second-order valence-electron chi connectivity index (χ2n) is 7.89. The van der Waals surface area contributed by atoms with Crippen LogP contribution in [0.1, 0.15) is 49.8 Å². The molecule has 0 aliphatic carbocycles. The van der Waals surface area contributed by atoms with Crippen molar-refractivity contribution in [3.05, 3.63) is 57.1 Å². The average molecular weight is 529 g/mol. The zero-order valence-electron chi connectivity index (χ0n) is 20.0. The van der Waals surface area contributed by atoms with Gasteiger partial charge >= 0.3 is 5.97 Å². The first-order valence-corrected chi connectivity index (χ1v) is 11.7. The second kappa shape index (κ2) is 12.8. The molecule has 0 radical (unpaired) electrons. The summed E-state index contributed by atoms with van der Waals surface area (Å²) < 4.78 is 17.5. The first-order valence-electron chi connectivity index (χ1n) is 10.9. The highest BCUT2D eigenvalue weighted by molar-refractivity contribution is 9.10. The molecular weight excluding hydrogens is 500 g/mol. The minimum Gasteiger partial charge on any atom is -0.493 e. The van der Waals surface area contributed by atoms with E-state index >= 15 is 0 Å². The maximum Gasteiger partial charge on any atom is 0.349 e. The molecule has 0 bridgehead atoms. The third-order valence-corrected chi connectivity index (χ3v) is 5.74. The van der Waals surface area contributed by atoms with Gasteiger partial charge in [0.2, 0.25) is 0 Å². The number of amides is 1. The third-order valence-electron chi connectivity index (χ3n) is 4.88. The predicted molar refractivity (Wildman–Crippen MR) is 134 cm³/mol. The normalized spacial score (nSPS) is 11.1. The molecule has 180 valence electrons. The van der Waals surface area contributed by atoms with Gasteiger partial charge in [-0.2, -0.15) is 5.26 Å². The van der Waals surface area contributed by atoms with E-state index in [0.29, 0.717) is 17.9 Å². The SMILES string of the molecule is CCCNC(=O)/C(C#N)=C/c1ccc(OC(=O)COc2cc(C)c(Br)cc2C(C)C)c(OC)c1. The number of benzene rings is 2. The van der Waals surface area contributed by atoms with Gasteiger partial charge in [-0.25, -0.2) is 4.79 Å². The van der Waals surface area contributed by atoms with Gasteiger partial charge in [-0.3, -0.25) is 4.79 Å². The molecule has 1 amide bonds. The minimum absolute atomic E-state index is 0.0283. The molecule has 2 aromatic carbocycles. The number of ether oxygens (including phenoxy) is 3. The lowest BCUT2D eigenvalue weighted by molar-refractivity contribution is -0.136. The highest BCUT2D eigenvalue weighted by Gasteiger charge is 2.16. The van der Waals surface area contributed by atoms with E-state index in [-0.39, 0.29) is 29.6 Å². The van der Waals surface area contributed by atoms with Crippen LogP contribution in [0, 0.1) is 18.3 Å². The van der Waals surface area contributed by atoms with Crippen LogP contribution in [0.4, 0.5) is 0 Å². The summed E-state index contributed by atoms with van der Waals surface area (Å²) >= 11 is 3.53. The van der Waals surface area contributed by atoms with Crippen LogP contribution < -0.4 is 19.5 Å². The summed E-state index contributed by atoms with van der Waals surface area (Å²) in [7, 11) is 1.44. The van der Waals surface area contributed by atoms with E-state index in [9.17, 15) is 14.9 Å². The van der Waals surface area contributed by atoms with Crippen molar-refractivity contribution < 1.29 is 23.8 Å². The number of nitrogens with one attached hydrogen (secondary N) is 1. The van der Waals surface area contributed by atoms with E-state index in [1.807, 2.05) is 45.9 Å². The third kappa shape index (κ3) is 7.35. The second-order valence-corrected chi connectivity index (χ2v) is 8.75. The lowest BCUT2D eigenvalue weighted by Crippen LogP contribution is -2.25. The van der Waals surface area contributed by atoms with Crippen LogP contribution in [-0.2, 0) is 9.59 Å². The zero-order chi connectivity index (χ0) is 25.3. The van der Waals surface area contributed by atoms with Gasteiger partial charge in [0.05, 0.1) is 7.11 Å². The largest absolute Gasteiger partial charge is 0.493 e. The Bertz CT molecular complexity index is 1120. The summed E-state index contributed by atoms with van der Waals surface area (Å²) in [5.41, 5.74) is 2.51. The van der Waals surface area contributed by atoms with Gasteiger partial charge in [-0.05, 0) is 66.3 Å². The van der Waals surface area contributed by atoms with Crippen LogP contribution in [0.3, 0.4) is 0 Å².